The number of benzene rings is 4. The first kappa shape index (κ1) is 54.1. The lowest BCUT2D eigenvalue weighted by Crippen LogP contribution is -2.40. The van der Waals surface area contributed by atoms with Crippen LogP contribution in [0.2, 0.25) is 10.0 Å². The zero-order valence-corrected chi connectivity index (χ0v) is 40.7. The SMILES string of the molecule is C1CCOC1.CP=S.[C-]#[N+]c1ccc(C[C@@H](C(=O)NCC(=O)c2cccc(OC)c2)[C@H](C)O)c(C)c1Cl.[C-]#[N+]c1ccc(C[C@@H](c2nnc(-c3cccc(OC)c3)o2)[C@H](C)O)c(C)c1Cl. The van der Waals surface area contributed by atoms with E-state index >= 15 is 0 Å². The van der Waals surface area contributed by atoms with Gasteiger partial charge in [-0.25, -0.2) is 9.69 Å². The van der Waals surface area contributed by atoms with E-state index in [1.165, 1.54) is 26.9 Å². The molecule has 344 valence electrons. The summed E-state index contributed by atoms with van der Waals surface area (Å²) in [6.45, 7) is 24.9. The van der Waals surface area contributed by atoms with Gasteiger partial charge in [0.1, 0.15) is 11.5 Å². The van der Waals surface area contributed by atoms with E-state index < -0.39 is 30.0 Å². The molecule has 0 bridgehead atoms. The molecule has 0 aliphatic carbocycles. The fourth-order valence-electron chi connectivity index (χ4n) is 6.42. The van der Waals surface area contributed by atoms with Gasteiger partial charge < -0.3 is 34.2 Å². The van der Waals surface area contributed by atoms with E-state index in [1.807, 2.05) is 43.9 Å². The number of nitrogens with zero attached hydrogens (tertiary/aromatic N) is 4. The number of Topliss-reactive ketones (excluding diaryl/α,β-unsaturated/α-hetero) is 1. The van der Waals surface area contributed by atoms with Crippen molar-refractivity contribution < 1.29 is 38.4 Å². The number of rotatable bonds is 14. The summed E-state index contributed by atoms with van der Waals surface area (Å²) >= 11 is 16.9. The predicted molar refractivity (Wildman–Crippen MR) is 259 cm³/mol. The summed E-state index contributed by atoms with van der Waals surface area (Å²) in [6, 6.07) is 20.9. The molecule has 0 unspecified atom stereocenters. The Kier molecular flexibility index (Phi) is 23.2. The Morgan fingerprint density at radius 2 is 1.38 bits per heavy atom. The van der Waals surface area contributed by atoms with Gasteiger partial charge in [0.2, 0.25) is 29.1 Å². The second-order valence-electron chi connectivity index (χ2n) is 14.7. The molecule has 0 radical (unpaired) electrons. The molecule has 3 N–H and O–H groups in total. The molecule has 65 heavy (non-hydrogen) atoms. The molecule has 1 aromatic heterocycles. The zero-order valence-electron chi connectivity index (χ0n) is 37.4. The third-order valence-electron chi connectivity index (χ3n) is 10.3. The van der Waals surface area contributed by atoms with Crippen LogP contribution in [-0.2, 0) is 34.2 Å². The van der Waals surface area contributed by atoms with Crippen LogP contribution < -0.4 is 14.8 Å². The highest BCUT2D eigenvalue weighted by Gasteiger charge is 2.27. The fourth-order valence-corrected chi connectivity index (χ4v) is 6.87. The Bertz CT molecular complexity index is 2440. The standard InChI is InChI=1S/C22H23ClN2O4.C21H20ClN3O3.C4H8O.CH3PS/c1-13-15(8-9-19(24-3)21(13)23)11-18(14(2)26)22(28)25-12-20(27)16-6-5-7-17(10-16)29-4;1-12-14(8-9-18(23-3)19(12)22)11-17(13(2)26)21-25-24-20(28-21)15-6-5-7-16(10-15)27-4;1-2-4-5-3-1;1-2-3/h5-10,14,18,26H,11-12H2,1-2,4H3,(H,25,28);5-10,13,17,26H,11H2,1-2,4H3;1-4H2;1H3/t14-,18+;13-,17+;;/m00../s1. The number of hydrogen-bond donors (Lipinski definition) is 3. The molecule has 0 spiro atoms. The van der Waals surface area contributed by atoms with Crippen molar-refractivity contribution in [2.24, 2.45) is 5.92 Å². The number of aromatic nitrogens is 2. The molecule has 5 aromatic rings. The number of hydrogen-bond acceptors (Lipinski definition) is 11. The van der Waals surface area contributed by atoms with E-state index in [0.29, 0.717) is 62.2 Å². The third kappa shape index (κ3) is 16.3. The maximum atomic E-state index is 12.6. The molecular formula is C48H54Cl2N5O8PS. The minimum atomic E-state index is -0.930. The van der Waals surface area contributed by atoms with Gasteiger partial charge in [-0.1, -0.05) is 77.5 Å². The third-order valence-corrected chi connectivity index (χ3v) is 11.2. The largest absolute Gasteiger partial charge is 0.497 e. The lowest BCUT2D eigenvalue weighted by molar-refractivity contribution is -0.127. The fraction of sp³-hybridized carbons (Fsp3) is 0.375. The first-order valence-corrected chi connectivity index (χ1v) is 23.6. The highest BCUT2D eigenvalue weighted by Crippen LogP contribution is 2.35. The van der Waals surface area contributed by atoms with Crippen molar-refractivity contribution in [1.29, 1.82) is 0 Å². The smallest absolute Gasteiger partial charge is 0.247 e. The van der Waals surface area contributed by atoms with Gasteiger partial charge >= 0.3 is 0 Å². The van der Waals surface area contributed by atoms with Crippen molar-refractivity contribution in [3.05, 3.63) is 139 Å². The Morgan fingerprint density at radius 1 is 0.846 bits per heavy atom. The summed E-state index contributed by atoms with van der Waals surface area (Å²) in [5.41, 5.74) is 5.12. The van der Waals surface area contributed by atoms with Crippen molar-refractivity contribution >= 4 is 65.4 Å². The number of nitrogens with one attached hydrogen (secondary N) is 1. The Morgan fingerprint density at radius 3 is 1.88 bits per heavy atom. The maximum Gasteiger partial charge on any atom is 0.247 e. The van der Waals surface area contributed by atoms with Crippen molar-refractivity contribution in [2.45, 2.75) is 71.5 Å². The van der Waals surface area contributed by atoms with Crippen LogP contribution in [-0.4, -0.2) is 85.0 Å². The molecular weight excluding hydrogens is 909 g/mol. The first-order chi connectivity index (χ1) is 31.1. The van der Waals surface area contributed by atoms with Gasteiger partial charge in [-0.15, -0.1) is 10.2 Å². The number of aliphatic hydroxyl groups excluding tert-OH is 2. The van der Waals surface area contributed by atoms with Crippen molar-refractivity contribution in [3.8, 4) is 23.0 Å². The summed E-state index contributed by atoms with van der Waals surface area (Å²) in [7, 11) is 4.10. The topological polar surface area (TPSA) is 162 Å². The number of aliphatic hydroxyl groups is 2. The van der Waals surface area contributed by atoms with Crippen LogP contribution in [0, 0.1) is 32.9 Å². The summed E-state index contributed by atoms with van der Waals surface area (Å²) in [5, 5.41) is 32.1. The van der Waals surface area contributed by atoms with Crippen LogP contribution in [0.5, 0.6) is 11.5 Å². The highest BCUT2D eigenvalue weighted by atomic mass is 35.5. The van der Waals surface area contributed by atoms with Crippen molar-refractivity contribution in [1.82, 2.24) is 15.5 Å². The van der Waals surface area contributed by atoms with Crippen LogP contribution in [0.4, 0.5) is 11.4 Å². The average Bonchev–Trinajstić information content (AvgIpc) is 4.07. The van der Waals surface area contributed by atoms with Crippen molar-refractivity contribution in [2.75, 3.05) is 40.6 Å². The number of methoxy groups -OCH3 is 2. The molecule has 4 atom stereocenters. The number of carbonyl (C=O) groups excluding carboxylic acids is 2. The van der Waals surface area contributed by atoms with Crippen LogP contribution in [0.15, 0.2) is 77.2 Å². The normalized spacial score (nSPS) is 13.4. The summed E-state index contributed by atoms with van der Waals surface area (Å²) in [5.74, 6) is 0.0920. The number of ether oxygens (including phenoxy) is 3. The molecule has 1 aliphatic heterocycles. The minimum Gasteiger partial charge on any atom is -0.497 e. The summed E-state index contributed by atoms with van der Waals surface area (Å²) in [6.07, 6.45) is 1.61. The average molecular weight is 963 g/mol. The Balaban J connectivity index is 0.000000295. The predicted octanol–water partition coefficient (Wildman–Crippen LogP) is 10.5. The molecule has 1 amide bonds. The van der Waals surface area contributed by atoms with Crippen LogP contribution in [0.3, 0.4) is 0 Å². The van der Waals surface area contributed by atoms with E-state index in [0.717, 1.165) is 42.8 Å². The monoisotopic (exact) mass is 961 g/mol. The van der Waals surface area contributed by atoms with E-state index in [2.05, 4.69) is 37.0 Å². The molecule has 1 aliphatic rings. The van der Waals surface area contributed by atoms with Gasteiger partial charge in [-0.3, -0.25) is 9.59 Å². The second-order valence-corrected chi connectivity index (χ2v) is 17.0. The molecule has 1 saturated heterocycles. The van der Waals surface area contributed by atoms with Crippen LogP contribution >= 0.6 is 30.6 Å². The van der Waals surface area contributed by atoms with Gasteiger partial charge in [0.05, 0.1) is 68.0 Å². The Hall–Kier alpha value is -5.28. The summed E-state index contributed by atoms with van der Waals surface area (Å²) < 4.78 is 21.1. The minimum absolute atomic E-state index is 0.189. The van der Waals surface area contributed by atoms with Crippen LogP contribution in [0.1, 0.15) is 71.1 Å². The molecule has 17 heteroatoms. The molecule has 0 saturated carbocycles. The Labute approximate surface area is 397 Å². The number of ketones is 1. The molecule has 2 heterocycles. The van der Waals surface area contributed by atoms with E-state index in [-0.39, 0.29) is 18.7 Å². The van der Waals surface area contributed by atoms with E-state index in [1.54, 1.807) is 63.4 Å². The number of amides is 1. The quantitative estimate of drug-likeness (QED) is 0.0552. The maximum absolute atomic E-state index is 12.6. The first-order valence-electron chi connectivity index (χ1n) is 20.5. The molecule has 4 aromatic carbocycles. The van der Waals surface area contributed by atoms with Gasteiger partial charge in [-0.05, 0) is 120 Å². The molecule has 1 fully saturated rings. The highest BCUT2D eigenvalue weighted by molar-refractivity contribution is 7.96. The summed E-state index contributed by atoms with van der Waals surface area (Å²) in [4.78, 5) is 31.8. The van der Waals surface area contributed by atoms with Crippen LogP contribution in [0.25, 0.3) is 21.1 Å². The van der Waals surface area contributed by atoms with Gasteiger partial charge in [0.15, 0.2) is 5.78 Å². The molecule has 6 rings (SSSR count). The van der Waals surface area contributed by atoms with E-state index in [9.17, 15) is 19.8 Å². The lowest BCUT2D eigenvalue weighted by Gasteiger charge is -2.21. The second kappa shape index (κ2) is 27.9. The van der Waals surface area contributed by atoms with E-state index in [4.69, 9.17) is 55.0 Å². The molecule has 13 nitrogen and oxygen atoms in total. The van der Waals surface area contributed by atoms with Crippen molar-refractivity contribution in [3.63, 3.8) is 0 Å². The number of carbonyl (C=O) groups is 2. The van der Waals surface area contributed by atoms with Gasteiger partial charge in [0, 0.05) is 24.3 Å². The van der Waals surface area contributed by atoms with Gasteiger partial charge in [-0.2, -0.15) is 0 Å². The zero-order chi connectivity index (χ0) is 48.1. The lowest BCUT2D eigenvalue weighted by atomic mass is 9.91. The number of halogens is 2. The van der Waals surface area contributed by atoms with Gasteiger partial charge in [0.25, 0.3) is 0 Å².